The summed E-state index contributed by atoms with van der Waals surface area (Å²) in [6.45, 7) is 9.43. The molecule has 214 valence electrons. The van der Waals surface area contributed by atoms with Crippen LogP contribution in [0.2, 0.25) is 0 Å². The number of carboxylic acids is 1. The molecule has 0 aliphatic heterocycles. The van der Waals surface area contributed by atoms with Gasteiger partial charge in [-0.1, -0.05) is 27.7 Å². The van der Waals surface area contributed by atoms with Gasteiger partial charge >= 0.3 is 5.97 Å². The van der Waals surface area contributed by atoms with E-state index in [1.54, 1.807) is 27.7 Å². The molecule has 2 saturated carbocycles. The van der Waals surface area contributed by atoms with E-state index in [1.165, 1.54) is 13.0 Å². The van der Waals surface area contributed by atoms with Gasteiger partial charge in [-0.2, -0.15) is 0 Å². The average molecular weight is 545 g/mol. The van der Waals surface area contributed by atoms with E-state index in [1.807, 2.05) is 6.92 Å². The monoisotopic (exact) mass is 544 g/mol. The zero-order chi connectivity index (χ0) is 29.5. The summed E-state index contributed by atoms with van der Waals surface area (Å²) in [5.74, 6) is -4.21. The molecule has 4 N–H and O–H groups in total. The minimum absolute atomic E-state index is 0.0100. The molecule has 39 heavy (non-hydrogen) atoms. The molecule has 0 unspecified atom stereocenters. The molecular weight excluding hydrogens is 504 g/mol. The number of carbonyl (C=O) groups is 5. The first-order valence-electron chi connectivity index (χ1n) is 13.7. The van der Waals surface area contributed by atoms with Gasteiger partial charge in [0.05, 0.1) is 23.5 Å². The SMILES string of the molecule is C/C(=C\[C@@H](O)C[C@@H](C)[C@H]1CC(=O)[C@@]2(C)C3=C(C(=O)[C@@H](O)[C@]12C)[C@@]1(C)CCC(=O)[C@](C)(CO)[C@@H]1CC3=O)C(=O)O. The Labute approximate surface area is 228 Å². The van der Waals surface area contributed by atoms with Gasteiger partial charge in [-0.15, -0.1) is 0 Å². The summed E-state index contributed by atoms with van der Waals surface area (Å²) in [5, 5.41) is 41.6. The highest BCUT2D eigenvalue weighted by Crippen LogP contribution is 2.69. The number of aliphatic hydroxyl groups excluding tert-OH is 3. The number of fused-ring (bicyclic) bond motifs is 4. The molecule has 4 rings (SSSR count). The van der Waals surface area contributed by atoms with Gasteiger partial charge in [0.1, 0.15) is 17.7 Å². The van der Waals surface area contributed by atoms with Gasteiger partial charge in [0.2, 0.25) is 0 Å². The van der Waals surface area contributed by atoms with Gasteiger partial charge in [-0.05, 0) is 50.5 Å². The Kier molecular flexibility index (Phi) is 7.02. The Hall–Kier alpha value is -2.49. The van der Waals surface area contributed by atoms with E-state index < -0.39 is 75.8 Å². The molecule has 0 bridgehead atoms. The molecule has 0 radical (unpaired) electrons. The van der Waals surface area contributed by atoms with E-state index >= 15 is 0 Å². The Morgan fingerprint density at radius 1 is 1.05 bits per heavy atom. The molecule has 4 aliphatic carbocycles. The van der Waals surface area contributed by atoms with Crippen molar-refractivity contribution < 1.29 is 44.4 Å². The lowest BCUT2D eigenvalue weighted by atomic mass is 9.42. The number of hydrogen-bond acceptors (Lipinski definition) is 8. The summed E-state index contributed by atoms with van der Waals surface area (Å²) in [5.41, 5.74) is -4.75. The van der Waals surface area contributed by atoms with Crippen molar-refractivity contribution in [3.63, 3.8) is 0 Å². The van der Waals surface area contributed by atoms with E-state index in [2.05, 4.69) is 0 Å². The highest BCUT2D eigenvalue weighted by atomic mass is 16.4. The second-order valence-corrected chi connectivity index (χ2v) is 13.2. The molecule has 0 heterocycles. The normalized spacial score (nSPS) is 42.2. The fourth-order valence-corrected chi connectivity index (χ4v) is 8.67. The predicted octanol–water partition coefficient (Wildman–Crippen LogP) is 2.20. The fourth-order valence-electron chi connectivity index (χ4n) is 8.67. The van der Waals surface area contributed by atoms with E-state index in [4.69, 9.17) is 5.11 Å². The summed E-state index contributed by atoms with van der Waals surface area (Å²) in [6.07, 6.45) is -1.09. The van der Waals surface area contributed by atoms with Gasteiger partial charge in [0.25, 0.3) is 0 Å². The van der Waals surface area contributed by atoms with Crippen molar-refractivity contribution in [3.05, 3.63) is 22.8 Å². The third kappa shape index (κ3) is 3.72. The van der Waals surface area contributed by atoms with Crippen molar-refractivity contribution in [2.45, 2.75) is 85.9 Å². The van der Waals surface area contributed by atoms with Crippen molar-refractivity contribution in [2.75, 3.05) is 6.61 Å². The Balaban J connectivity index is 1.84. The van der Waals surface area contributed by atoms with Crippen LogP contribution in [0.15, 0.2) is 22.8 Å². The third-order valence-corrected chi connectivity index (χ3v) is 11.3. The van der Waals surface area contributed by atoms with Crippen LogP contribution in [-0.4, -0.2) is 68.3 Å². The van der Waals surface area contributed by atoms with Crippen LogP contribution in [0.25, 0.3) is 0 Å². The Morgan fingerprint density at radius 2 is 1.67 bits per heavy atom. The van der Waals surface area contributed by atoms with Gasteiger partial charge in [0.15, 0.2) is 11.6 Å². The summed E-state index contributed by atoms with van der Waals surface area (Å²) in [7, 11) is 0. The molecule has 0 aromatic heterocycles. The zero-order valence-electron chi connectivity index (χ0n) is 23.5. The van der Waals surface area contributed by atoms with Gasteiger partial charge in [-0.25, -0.2) is 4.79 Å². The van der Waals surface area contributed by atoms with Gasteiger partial charge in [-0.3, -0.25) is 19.2 Å². The van der Waals surface area contributed by atoms with Gasteiger partial charge in [0, 0.05) is 46.8 Å². The predicted molar refractivity (Wildman–Crippen MR) is 139 cm³/mol. The number of allylic oxidation sites excluding steroid dienone is 1. The summed E-state index contributed by atoms with van der Waals surface area (Å²) >= 11 is 0. The minimum Gasteiger partial charge on any atom is -0.478 e. The standard InChI is InChI=1S/C30H40O9/c1-14(9-16(32)10-15(2)26(38)39)17-11-21(35)30(6)22-18(33)12-19-27(3,8-7-20(34)28(19,4)13-31)23(22)24(36)25(37)29(17,30)5/h10,14,16-17,19,25,31-32,37H,7-9,11-13H2,1-6H3,(H,38,39)/b15-10+/t14-,16+,17-,19-,25-,27+,28-,29+,30+/m1/s1. The van der Waals surface area contributed by atoms with Crippen LogP contribution < -0.4 is 0 Å². The molecule has 9 heteroatoms. The molecule has 0 spiro atoms. The lowest BCUT2D eigenvalue weighted by Gasteiger charge is -2.59. The van der Waals surface area contributed by atoms with Crippen LogP contribution in [0, 0.1) is 39.4 Å². The van der Waals surface area contributed by atoms with Crippen LogP contribution in [0.5, 0.6) is 0 Å². The maximum atomic E-state index is 14.1. The Morgan fingerprint density at radius 3 is 2.23 bits per heavy atom. The van der Waals surface area contributed by atoms with Crippen LogP contribution in [0.3, 0.4) is 0 Å². The summed E-state index contributed by atoms with van der Waals surface area (Å²) in [4.78, 5) is 66.0. The minimum atomic E-state index is -1.60. The first-order valence-corrected chi connectivity index (χ1v) is 13.7. The van der Waals surface area contributed by atoms with E-state index in [0.717, 1.165) is 0 Å². The van der Waals surface area contributed by atoms with E-state index in [-0.39, 0.29) is 60.4 Å². The molecule has 0 saturated heterocycles. The second kappa shape index (κ2) is 9.28. The third-order valence-electron chi connectivity index (χ3n) is 11.3. The molecule has 0 aromatic carbocycles. The molecule has 2 fully saturated rings. The quantitative estimate of drug-likeness (QED) is 0.367. The topological polar surface area (TPSA) is 166 Å². The van der Waals surface area contributed by atoms with Crippen molar-refractivity contribution in [3.8, 4) is 0 Å². The van der Waals surface area contributed by atoms with Crippen LogP contribution in [0.1, 0.15) is 73.6 Å². The first kappa shape index (κ1) is 29.5. The first-order chi connectivity index (χ1) is 17.9. The molecule has 9 nitrogen and oxygen atoms in total. The van der Waals surface area contributed by atoms with Gasteiger partial charge < -0.3 is 20.4 Å². The number of carbonyl (C=O) groups excluding carboxylic acids is 4. The van der Waals surface area contributed by atoms with Crippen molar-refractivity contribution in [1.29, 1.82) is 0 Å². The van der Waals surface area contributed by atoms with Crippen molar-refractivity contribution in [1.82, 2.24) is 0 Å². The van der Waals surface area contributed by atoms with Crippen molar-refractivity contribution >= 4 is 29.1 Å². The van der Waals surface area contributed by atoms with Crippen LogP contribution in [0.4, 0.5) is 0 Å². The van der Waals surface area contributed by atoms with Crippen molar-refractivity contribution in [2.24, 2.45) is 39.4 Å². The molecular formula is C30H40O9. The molecule has 4 aliphatic rings. The number of aliphatic carboxylic acids is 1. The van der Waals surface area contributed by atoms with Crippen LogP contribution in [-0.2, 0) is 24.0 Å². The number of aliphatic hydroxyl groups is 3. The lowest BCUT2D eigenvalue weighted by Crippen LogP contribution is -2.64. The maximum Gasteiger partial charge on any atom is 0.331 e. The lowest BCUT2D eigenvalue weighted by molar-refractivity contribution is -0.160. The smallest absolute Gasteiger partial charge is 0.331 e. The average Bonchev–Trinajstić information content (AvgIpc) is 3.08. The Bertz CT molecular complexity index is 1230. The number of rotatable bonds is 6. The maximum absolute atomic E-state index is 14.1. The zero-order valence-corrected chi connectivity index (χ0v) is 23.5. The van der Waals surface area contributed by atoms with Crippen LogP contribution >= 0.6 is 0 Å². The highest BCUT2D eigenvalue weighted by Gasteiger charge is 2.73. The number of hydrogen-bond donors (Lipinski definition) is 4. The number of ketones is 4. The molecule has 9 atom stereocenters. The second-order valence-electron chi connectivity index (χ2n) is 13.2. The number of carboxylic acid groups (broad SMARTS) is 1. The molecule has 0 aromatic rings. The summed E-state index contributed by atoms with van der Waals surface area (Å²) in [6, 6.07) is 0. The summed E-state index contributed by atoms with van der Waals surface area (Å²) < 4.78 is 0. The highest BCUT2D eigenvalue weighted by molar-refractivity contribution is 6.18. The van der Waals surface area contributed by atoms with E-state index in [0.29, 0.717) is 0 Å². The van der Waals surface area contributed by atoms with E-state index in [9.17, 15) is 39.3 Å². The fraction of sp³-hybridized carbons (Fsp3) is 0.700. The largest absolute Gasteiger partial charge is 0.478 e. The number of Topliss-reactive ketones (excluding diaryl/α,β-unsaturated/α-hetero) is 4. The molecule has 0 amide bonds.